The molecule has 11 nitrogen and oxygen atoms in total. The number of nitrogens with one attached hydrogen (secondary N) is 2. The maximum atomic E-state index is 11.9. The number of likely N-dealkylation sites (N-methyl/N-ethyl adjacent to an activating group) is 1. The molecule has 0 saturated carbocycles. The number of carbonyl (C=O) groups excluding carboxylic acids is 2. The summed E-state index contributed by atoms with van der Waals surface area (Å²) >= 11 is 0. The fraction of sp³-hybridized carbons (Fsp3) is 0.636. The average Bonchev–Trinajstić information content (AvgIpc) is 2.84. The highest BCUT2D eigenvalue weighted by Gasteiger charge is 2.39. The lowest BCUT2D eigenvalue weighted by atomic mass is 10.5. The summed E-state index contributed by atoms with van der Waals surface area (Å²) in [6.07, 6.45) is -2.09. The average molecular weight is 317 g/mol. The molecular weight excluding hydrogens is 298 g/mol. The Morgan fingerprint density at radius 3 is 2.50 bits per heavy atom. The maximum Gasteiger partial charge on any atom is 0.532 e. The van der Waals surface area contributed by atoms with Gasteiger partial charge in [0.05, 0.1) is 13.2 Å². The van der Waals surface area contributed by atoms with Crippen molar-refractivity contribution in [2.45, 2.75) is 13.8 Å². The molecule has 0 radical (unpaired) electrons. The fourth-order valence-electron chi connectivity index (χ4n) is 1.74. The van der Waals surface area contributed by atoms with E-state index < -0.39 is 22.9 Å². The Balaban J connectivity index is 3.17. The van der Waals surface area contributed by atoms with Crippen molar-refractivity contribution in [3.05, 3.63) is 21.8 Å². The molecule has 1 saturated heterocycles. The standard InChI is InChI=1S/C11H19N5O6/c1-4-21-10(17)13-15(11(18)22-5-2)9(16(19)20)8-12-6-7-14(8)3/h12H,4-7H2,1-3H3,(H,13,17)/b9-8+. The van der Waals surface area contributed by atoms with E-state index in [0.29, 0.717) is 18.1 Å². The summed E-state index contributed by atoms with van der Waals surface area (Å²) in [5.41, 5.74) is 2.01. The number of amides is 2. The number of carbonyl (C=O) groups is 2. The Labute approximate surface area is 126 Å². The van der Waals surface area contributed by atoms with Gasteiger partial charge < -0.3 is 29.8 Å². The molecule has 11 heteroatoms. The highest BCUT2D eigenvalue weighted by molar-refractivity contribution is 5.75. The first-order valence-corrected chi connectivity index (χ1v) is 6.66. The predicted octanol–water partition coefficient (Wildman–Crippen LogP) is 0.0443. The number of nitrogens with zero attached hydrogens (tertiary/aromatic N) is 3. The molecule has 0 atom stereocenters. The summed E-state index contributed by atoms with van der Waals surface area (Å²) in [4.78, 5) is 35.6. The van der Waals surface area contributed by atoms with Gasteiger partial charge in [0.2, 0.25) is 5.82 Å². The highest BCUT2D eigenvalue weighted by atomic mass is 16.6. The predicted molar refractivity (Wildman–Crippen MR) is 73.7 cm³/mol. The van der Waals surface area contributed by atoms with Crippen molar-refractivity contribution in [1.29, 1.82) is 0 Å². The van der Waals surface area contributed by atoms with Gasteiger partial charge >= 0.3 is 18.0 Å². The van der Waals surface area contributed by atoms with Crippen LogP contribution in [-0.2, 0) is 9.47 Å². The zero-order chi connectivity index (χ0) is 16.7. The van der Waals surface area contributed by atoms with Gasteiger partial charge in [-0.1, -0.05) is 0 Å². The van der Waals surface area contributed by atoms with E-state index >= 15 is 0 Å². The number of rotatable bonds is 4. The second-order valence-corrected chi connectivity index (χ2v) is 4.14. The molecule has 1 aliphatic rings. The van der Waals surface area contributed by atoms with Crippen LogP contribution in [0.2, 0.25) is 0 Å². The topological polar surface area (TPSA) is 126 Å². The third-order valence-corrected chi connectivity index (χ3v) is 2.65. The van der Waals surface area contributed by atoms with Crippen LogP contribution >= 0.6 is 0 Å². The van der Waals surface area contributed by atoms with Crippen molar-refractivity contribution in [3.63, 3.8) is 0 Å². The van der Waals surface area contributed by atoms with E-state index in [1.54, 1.807) is 25.8 Å². The minimum Gasteiger partial charge on any atom is -0.448 e. The maximum absolute atomic E-state index is 11.9. The monoisotopic (exact) mass is 317 g/mol. The molecule has 0 aromatic rings. The van der Waals surface area contributed by atoms with Gasteiger partial charge in [-0.2, -0.15) is 4.79 Å². The van der Waals surface area contributed by atoms with Gasteiger partial charge in [0.25, 0.3) is 0 Å². The molecule has 124 valence electrons. The first kappa shape index (κ1) is 17.3. The molecule has 0 aromatic heterocycles. The quantitative estimate of drug-likeness (QED) is 0.550. The van der Waals surface area contributed by atoms with Gasteiger partial charge in [0.1, 0.15) is 0 Å². The van der Waals surface area contributed by atoms with E-state index in [1.165, 1.54) is 0 Å². The van der Waals surface area contributed by atoms with Crippen LogP contribution in [0, 0.1) is 10.1 Å². The van der Waals surface area contributed by atoms with Crippen LogP contribution in [0.25, 0.3) is 0 Å². The second-order valence-electron chi connectivity index (χ2n) is 4.14. The zero-order valence-corrected chi connectivity index (χ0v) is 12.6. The van der Waals surface area contributed by atoms with Crippen molar-refractivity contribution in [1.82, 2.24) is 20.7 Å². The minimum absolute atomic E-state index is 0.0105. The lowest BCUT2D eigenvalue weighted by Crippen LogP contribution is -2.49. The highest BCUT2D eigenvalue weighted by Crippen LogP contribution is 2.15. The molecule has 0 spiro atoms. The van der Waals surface area contributed by atoms with E-state index in [0.717, 1.165) is 0 Å². The molecule has 0 bridgehead atoms. The van der Waals surface area contributed by atoms with E-state index in [-0.39, 0.29) is 19.0 Å². The van der Waals surface area contributed by atoms with Gasteiger partial charge in [-0.05, 0) is 23.8 Å². The number of hydrogen-bond donors (Lipinski definition) is 2. The Kier molecular flexibility index (Phi) is 6.23. The largest absolute Gasteiger partial charge is 0.532 e. The summed E-state index contributed by atoms with van der Waals surface area (Å²) in [6, 6.07) is 0. The van der Waals surface area contributed by atoms with Crippen LogP contribution in [-0.4, -0.2) is 60.4 Å². The van der Waals surface area contributed by atoms with E-state index in [1.807, 2.05) is 5.43 Å². The molecule has 1 rings (SSSR count). The van der Waals surface area contributed by atoms with Gasteiger partial charge in [0.15, 0.2) is 0 Å². The Bertz CT molecular complexity index is 480. The van der Waals surface area contributed by atoms with Crippen LogP contribution in [0.3, 0.4) is 0 Å². The molecular formula is C11H19N5O6. The lowest BCUT2D eigenvalue weighted by molar-refractivity contribution is -0.447. The molecule has 1 fully saturated rings. The lowest BCUT2D eigenvalue weighted by Gasteiger charge is -2.19. The molecule has 2 N–H and O–H groups in total. The smallest absolute Gasteiger partial charge is 0.448 e. The van der Waals surface area contributed by atoms with Gasteiger partial charge in [-0.25, -0.2) is 4.79 Å². The molecule has 0 unspecified atom stereocenters. The van der Waals surface area contributed by atoms with Crippen LogP contribution in [0.15, 0.2) is 11.6 Å². The van der Waals surface area contributed by atoms with Crippen molar-refractivity contribution in [2.75, 3.05) is 33.4 Å². The van der Waals surface area contributed by atoms with Crippen molar-refractivity contribution >= 4 is 12.2 Å². The molecule has 2 amide bonds. The number of hydrazine groups is 1. The molecule has 1 heterocycles. The van der Waals surface area contributed by atoms with E-state index in [9.17, 15) is 19.7 Å². The second kappa shape index (κ2) is 7.90. The van der Waals surface area contributed by atoms with Crippen molar-refractivity contribution in [3.8, 4) is 0 Å². The van der Waals surface area contributed by atoms with Crippen molar-refractivity contribution in [2.24, 2.45) is 0 Å². The SMILES string of the molecule is CCOC(=O)NN(C(=O)OCC)/C(=C1/NCCN1C)[N+](=O)[O-]. The van der Waals surface area contributed by atoms with E-state index in [4.69, 9.17) is 4.74 Å². The molecule has 0 aliphatic carbocycles. The Morgan fingerprint density at radius 2 is 2.05 bits per heavy atom. The first-order valence-electron chi connectivity index (χ1n) is 6.66. The molecule has 0 aromatic carbocycles. The van der Waals surface area contributed by atoms with Crippen LogP contribution in [0.1, 0.15) is 13.8 Å². The molecule has 1 aliphatic heterocycles. The van der Waals surface area contributed by atoms with Gasteiger partial charge in [-0.3, -0.25) is 0 Å². The summed E-state index contributed by atoms with van der Waals surface area (Å²) in [7, 11) is 1.62. The fourth-order valence-corrected chi connectivity index (χ4v) is 1.74. The summed E-state index contributed by atoms with van der Waals surface area (Å²) < 4.78 is 9.38. The number of nitro groups is 1. The summed E-state index contributed by atoms with van der Waals surface area (Å²) in [5.74, 6) is -0.554. The summed E-state index contributed by atoms with van der Waals surface area (Å²) in [5, 5.41) is 14.6. The van der Waals surface area contributed by atoms with E-state index in [2.05, 4.69) is 10.1 Å². The van der Waals surface area contributed by atoms with Gasteiger partial charge in [0, 0.05) is 20.1 Å². The van der Waals surface area contributed by atoms with Crippen LogP contribution in [0.4, 0.5) is 9.59 Å². The van der Waals surface area contributed by atoms with Gasteiger partial charge in [-0.15, -0.1) is 5.43 Å². The number of hydrogen-bond acceptors (Lipinski definition) is 8. The summed E-state index contributed by atoms with van der Waals surface area (Å²) in [6.45, 7) is 4.13. The third-order valence-electron chi connectivity index (χ3n) is 2.65. The van der Waals surface area contributed by atoms with Crippen LogP contribution < -0.4 is 10.7 Å². The van der Waals surface area contributed by atoms with Crippen molar-refractivity contribution < 1.29 is 24.0 Å². The zero-order valence-electron chi connectivity index (χ0n) is 12.6. The minimum atomic E-state index is -1.09. The number of ether oxygens (including phenoxy) is 2. The van der Waals surface area contributed by atoms with Crippen LogP contribution in [0.5, 0.6) is 0 Å². The Morgan fingerprint density at radius 1 is 1.41 bits per heavy atom. The third kappa shape index (κ3) is 4.14. The first-order chi connectivity index (χ1) is 10.4. The molecule has 22 heavy (non-hydrogen) atoms. The Hall–Kier alpha value is -2.72. The normalized spacial score (nSPS) is 15.7.